The summed E-state index contributed by atoms with van der Waals surface area (Å²) in [6.45, 7) is 4.44. The monoisotopic (exact) mass is 239 g/mol. The van der Waals surface area contributed by atoms with Crippen molar-refractivity contribution >= 4 is 0 Å². The minimum absolute atomic E-state index is 0.0745. The predicted molar refractivity (Wildman–Crippen MR) is 69.9 cm³/mol. The number of hydrogen-bond acceptors (Lipinski definition) is 4. The van der Waals surface area contributed by atoms with E-state index >= 15 is 0 Å². The van der Waals surface area contributed by atoms with Crippen LogP contribution in [0.5, 0.6) is 0 Å². The molecule has 0 saturated carbocycles. The third-order valence-electron chi connectivity index (χ3n) is 2.44. The van der Waals surface area contributed by atoms with E-state index in [-0.39, 0.29) is 12.0 Å². The first-order valence-electron chi connectivity index (χ1n) is 5.63. The summed E-state index contributed by atoms with van der Waals surface area (Å²) in [5.74, 6) is 0.0745. The first kappa shape index (κ1) is 15.6. The Morgan fingerprint density at radius 2 is 2.18 bits per heavy atom. The molecule has 0 amide bonds. The van der Waals surface area contributed by atoms with E-state index < -0.39 is 0 Å². The summed E-state index contributed by atoms with van der Waals surface area (Å²) in [4.78, 5) is 10.7. The minimum atomic E-state index is -0.258. The van der Waals surface area contributed by atoms with Crippen LogP contribution in [0.2, 0.25) is 0 Å². The largest absolute Gasteiger partial charge is 0.516 e. The van der Waals surface area contributed by atoms with Gasteiger partial charge in [0.15, 0.2) is 0 Å². The minimum Gasteiger partial charge on any atom is -0.516 e. The molecule has 17 heavy (non-hydrogen) atoms. The van der Waals surface area contributed by atoms with Crippen LogP contribution in [-0.2, 0) is 4.74 Å². The number of nitroso groups, excluding NO2 is 1. The fourth-order valence-electron chi connectivity index (χ4n) is 1.49. The molecule has 0 aliphatic carbocycles. The molecule has 0 aromatic rings. The molecule has 4 heteroatoms. The Balaban J connectivity index is 4.40. The van der Waals surface area contributed by atoms with Crippen molar-refractivity contribution < 1.29 is 9.84 Å². The van der Waals surface area contributed by atoms with Crippen LogP contribution in [0.1, 0.15) is 20.3 Å². The highest BCUT2D eigenvalue weighted by Crippen LogP contribution is 2.15. The predicted octanol–water partition coefficient (Wildman–Crippen LogP) is 3.37. The number of aliphatic hydroxyl groups is 1. The van der Waals surface area contributed by atoms with E-state index in [0.29, 0.717) is 13.0 Å². The highest BCUT2D eigenvalue weighted by molar-refractivity contribution is 5.20. The number of nitrogens with zero attached hydrogens (tertiary/aromatic N) is 1. The summed E-state index contributed by atoms with van der Waals surface area (Å²) < 4.78 is 4.94. The molecule has 2 atom stereocenters. The zero-order valence-electron chi connectivity index (χ0n) is 10.7. The summed E-state index contributed by atoms with van der Waals surface area (Å²) in [7, 11) is 1.61. The number of ether oxygens (including phenoxy) is 1. The molecule has 0 aromatic carbocycles. The molecule has 1 N–H and O–H groups in total. The number of allylic oxidation sites excluding steroid dienone is 4. The second-order valence-electron chi connectivity index (χ2n) is 3.92. The lowest BCUT2D eigenvalue weighted by Crippen LogP contribution is -2.15. The van der Waals surface area contributed by atoms with Gasteiger partial charge in [0.2, 0.25) is 0 Å². The fourth-order valence-corrected chi connectivity index (χ4v) is 1.49. The standard InChI is InChI=1S/C13H21NO3/c1-11(6-4-5-8-15)10-12(2)13(14-16)7-9-17-3/h4-6,8,10,12-13,15H,7,9H2,1-3H3/b6-4+,8-5+,11-10+/t12-,13-/m0/s1. The van der Waals surface area contributed by atoms with Gasteiger partial charge in [0.25, 0.3) is 0 Å². The molecule has 0 radical (unpaired) electrons. The van der Waals surface area contributed by atoms with Crippen LogP contribution in [0, 0.1) is 10.8 Å². The third kappa shape index (κ3) is 7.47. The van der Waals surface area contributed by atoms with Crippen LogP contribution < -0.4 is 0 Å². The average molecular weight is 239 g/mol. The molecular formula is C13H21NO3. The van der Waals surface area contributed by atoms with Crippen LogP contribution >= 0.6 is 0 Å². The summed E-state index contributed by atoms with van der Waals surface area (Å²) in [6.07, 6.45) is 8.72. The summed E-state index contributed by atoms with van der Waals surface area (Å²) in [5.41, 5.74) is 1.03. The molecule has 0 saturated heterocycles. The van der Waals surface area contributed by atoms with Crippen molar-refractivity contribution in [2.45, 2.75) is 26.3 Å². The van der Waals surface area contributed by atoms with Crippen LogP contribution in [0.25, 0.3) is 0 Å². The van der Waals surface area contributed by atoms with Gasteiger partial charge in [0, 0.05) is 19.6 Å². The molecule has 4 nitrogen and oxygen atoms in total. The second kappa shape index (κ2) is 9.78. The van der Waals surface area contributed by atoms with Gasteiger partial charge in [-0.15, -0.1) is 0 Å². The van der Waals surface area contributed by atoms with Crippen molar-refractivity contribution in [2.24, 2.45) is 11.1 Å². The number of rotatable bonds is 8. The van der Waals surface area contributed by atoms with Crippen LogP contribution in [-0.4, -0.2) is 24.9 Å². The average Bonchev–Trinajstić information content (AvgIpc) is 2.30. The van der Waals surface area contributed by atoms with Crippen LogP contribution in [0.4, 0.5) is 0 Å². The molecule has 0 heterocycles. The van der Waals surface area contributed by atoms with E-state index in [0.717, 1.165) is 11.8 Å². The quantitative estimate of drug-likeness (QED) is 0.401. The Morgan fingerprint density at radius 3 is 2.71 bits per heavy atom. The summed E-state index contributed by atoms with van der Waals surface area (Å²) in [6, 6.07) is -0.258. The number of aliphatic hydroxyl groups excluding tert-OH is 1. The van der Waals surface area contributed by atoms with Gasteiger partial charge in [0.05, 0.1) is 6.26 Å². The number of methoxy groups -OCH3 is 1. The normalized spacial score (nSPS) is 16.5. The van der Waals surface area contributed by atoms with E-state index in [1.54, 1.807) is 13.2 Å². The van der Waals surface area contributed by atoms with Crippen molar-refractivity contribution in [3.8, 4) is 0 Å². The van der Waals surface area contributed by atoms with Gasteiger partial charge in [-0.05, 0) is 19.4 Å². The van der Waals surface area contributed by atoms with E-state index in [4.69, 9.17) is 9.84 Å². The zero-order valence-corrected chi connectivity index (χ0v) is 10.7. The molecule has 0 unspecified atom stereocenters. The van der Waals surface area contributed by atoms with Gasteiger partial charge in [-0.2, -0.15) is 4.91 Å². The van der Waals surface area contributed by atoms with E-state index in [1.165, 1.54) is 6.08 Å². The van der Waals surface area contributed by atoms with Gasteiger partial charge < -0.3 is 9.84 Å². The lowest BCUT2D eigenvalue weighted by molar-refractivity contribution is 0.183. The van der Waals surface area contributed by atoms with E-state index in [1.807, 2.05) is 26.0 Å². The van der Waals surface area contributed by atoms with Gasteiger partial charge in [-0.1, -0.05) is 35.9 Å². The topological polar surface area (TPSA) is 58.9 Å². The molecule has 0 spiro atoms. The molecule has 0 aliphatic rings. The van der Waals surface area contributed by atoms with Crippen molar-refractivity contribution in [2.75, 3.05) is 13.7 Å². The summed E-state index contributed by atoms with van der Waals surface area (Å²) in [5, 5.41) is 11.6. The lowest BCUT2D eigenvalue weighted by Gasteiger charge is -2.13. The maximum Gasteiger partial charge on any atom is 0.100 e. The highest BCUT2D eigenvalue weighted by atomic mass is 16.5. The lowest BCUT2D eigenvalue weighted by atomic mass is 9.97. The molecular weight excluding hydrogens is 218 g/mol. The molecule has 0 aliphatic heterocycles. The van der Waals surface area contributed by atoms with Gasteiger partial charge in [-0.25, -0.2) is 0 Å². The molecule has 0 fully saturated rings. The molecule has 0 aromatic heterocycles. The van der Waals surface area contributed by atoms with Crippen molar-refractivity contribution in [3.05, 3.63) is 41.0 Å². The van der Waals surface area contributed by atoms with Gasteiger partial charge >= 0.3 is 0 Å². The van der Waals surface area contributed by atoms with E-state index in [9.17, 15) is 4.91 Å². The van der Waals surface area contributed by atoms with Crippen LogP contribution in [0.15, 0.2) is 41.3 Å². The summed E-state index contributed by atoms with van der Waals surface area (Å²) >= 11 is 0. The van der Waals surface area contributed by atoms with Crippen molar-refractivity contribution in [1.29, 1.82) is 0 Å². The van der Waals surface area contributed by atoms with Crippen molar-refractivity contribution in [1.82, 2.24) is 0 Å². The smallest absolute Gasteiger partial charge is 0.100 e. The highest BCUT2D eigenvalue weighted by Gasteiger charge is 2.15. The van der Waals surface area contributed by atoms with E-state index in [2.05, 4.69) is 5.18 Å². The van der Waals surface area contributed by atoms with Gasteiger partial charge in [-0.3, -0.25) is 0 Å². The maximum absolute atomic E-state index is 10.7. The van der Waals surface area contributed by atoms with Gasteiger partial charge in [0.1, 0.15) is 6.04 Å². The Morgan fingerprint density at radius 1 is 1.47 bits per heavy atom. The first-order chi connectivity index (χ1) is 8.15. The molecule has 96 valence electrons. The molecule has 0 bridgehead atoms. The van der Waals surface area contributed by atoms with Crippen molar-refractivity contribution in [3.63, 3.8) is 0 Å². The fraction of sp³-hybridized carbons (Fsp3) is 0.538. The van der Waals surface area contributed by atoms with Crippen LogP contribution in [0.3, 0.4) is 0 Å². The first-order valence-corrected chi connectivity index (χ1v) is 5.63. The maximum atomic E-state index is 10.7. The SMILES string of the molecule is COCC[C@H](N=O)[C@@H](C)/C=C(C)/C=C/C=C/O. The second-order valence-corrected chi connectivity index (χ2v) is 3.92. The zero-order chi connectivity index (χ0) is 13.1. The number of hydrogen-bond donors (Lipinski definition) is 1. The Labute approximate surface area is 103 Å². The third-order valence-corrected chi connectivity index (χ3v) is 2.44. The Hall–Kier alpha value is -1.42. The Kier molecular flexibility index (Phi) is 8.96. The Bertz CT molecular complexity index is 295. The molecule has 0 rings (SSSR count).